The summed E-state index contributed by atoms with van der Waals surface area (Å²) in [4.78, 5) is 0. The summed E-state index contributed by atoms with van der Waals surface area (Å²) >= 11 is 0. The summed E-state index contributed by atoms with van der Waals surface area (Å²) in [5, 5.41) is 9.56. The molecule has 0 aliphatic heterocycles. The van der Waals surface area contributed by atoms with Crippen LogP contribution in [0.3, 0.4) is 0 Å². The summed E-state index contributed by atoms with van der Waals surface area (Å²) in [6, 6.07) is 90.5. The molecule has 5 saturated carbocycles. The minimum absolute atomic E-state index is 0.501. The third-order valence-electron chi connectivity index (χ3n) is 23.2. The molecule has 0 N–H and O–H groups in total. The zero-order valence-corrected chi connectivity index (χ0v) is 52.5. The van der Waals surface area contributed by atoms with Crippen molar-refractivity contribution in [2.45, 2.75) is 119 Å². The van der Waals surface area contributed by atoms with Crippen LogP contribution in [0.25, 0.3) is 127 Å². The molecule has 6 aliphatic rings. The quantitative estimate of drug-likeness (QED) is 0.116. The molecule has 6 aliphatic carbocycles. The lowest BCUT2D eigenvalue weighted by Gasteiger charge is -2.36. The highest BCUT2D eigenvalue weighted by Gasteiger charge is 2.34. The van der Waals surface area contributed by atoms with Crippen molar-refractivity contribution in [1.29, 1.82) is 0 Å². The molecule has 21 rings (SSSR count). The summed E-state index contributed by atoms with van der Waals surface area (Å²) in [6.45, 7) is 0. The fourth-order valence-corrected chi connectivity index (χ4v) is 17.4. The second-order valence-electron chi connectivity index (χ2n) is 28.8. The zero-order valence-electron chi connectivity index (χ0n) is 52.5. The van der Waals surface area contributed by atoms with Crippen LogP contribution in [0.15, 0.2) is 237 Å². The predicted octanol–water partition coefficient (Wildman–Crippen LogP) is 23.8. The van der Waals surface area contributed by atoms with Crippen LogP contribution >= 0.6 is 0 Å². The molecule has 15 aromatic rings. The van der Waals surface area contributed by atoms with Crippen LogP contribution in [0.5, 0.6) is 0 Å². The molecule has 0 atom stereocenters. The van der Waals surface area contributed by atoms with Crippen molar-refractivity contribution in [1.82, 2.24) is 18.3 Å². The highest BCUT2D eigenvalue weighted by molar-refractivity contribution is 6.13. The number of para-hydroxylation sites is 1. The van der Waals surface area contributed by atoms with Gasteiger partial charge in [-0.3, -0.25) is 0 Å². The van der Waals surface area contributed by atoms with Gasteiger partial charge in [-0.05, 0) is 302 Å². The number of benzene rings is 11. The average molecular weight is 1200 g/mol. The normalized spacial score (nSPS) is 18.2. The van der Waals surface area contributed by atoms with Gasteiger partial charge >= 0.3 is 0 Å². The highest BCUT2D eigenvalue weighted by Crippen LogP contribution is 2.52. The molecule has 0 spiro atoms. The molecule has 0 unspecified atom stereocenters. The highest BCUT2D eigenvalue weighted by atomic mass is 15.0. The van der Waals surface area contributed by atoms with Crippen LogP contribution in [0.1, 0.15) is 157 Å². The van der Waals surface area contributed by atoms with Crippen LogP contribution in [0, 0.1) is 0 Å². The van der Waals surface area contributed by atoms with E-state index in [9.17, 15) is 0 Å². The van der Waals surface area contributed by atoms with Crippen molar-refractivity contribution >= 4 is 82.4 Å². The van der Waals surface area contributed by atoms with Crippen molar-refractivity contribution in [3.8, 4) is 45.0 Å². The van der Waals surface area contributed by atoms with Crippen LogP contribution in [-0.4, -0.2) is 18.3 Å². The van der Waals surface area contributed by atoms with Gasteiger partial charge in [0.2, 0.25) is 0 Å². The van der Waals surface area contributed by atoms with E-state index >= 15 is 0 Å². The van der Waals surface area contributed by atoms with E-state index in [0.717, 1.165) is 37.5 Å². The van der Waals surface area contributed by atoms with Crippen LogP contribution in [-0.2, 0) is 6.42 Å². The summed E-state index contributed by atoms with van der Waals surface area (Å²) in [5.41, 5.74) is 30.6. The first-order valence-electron chi connectivity index (χ1n) is 35.0. The predicted molar refractivity (Wildman–Crippen MR) is 388 cm³/mol. The SMILES string of the molecule is C1=Cc2c(n(-c3ccccc3)c3ccc(-c4cccc(-n5c6ccc(C7CCC7)cc6c6cc(C7CC(c8cccc(-n9c%10ccc(-c%11cccc(-n%12c%13ccc(C%14CC%14)cc%13c%13cc(C%14CC%14)ccc%13%12)c%11)cc%10c%10cc(C%11CC%11)ccc%109)c8)C7)ccc65)c4)cc23)CC1. The Morgan fingerprint density at radius 3 is 1.08 bits per heavy atom. The standard InChI is InChI=1S/C89H72N4/c1-2-15-70(16-3-1)90-82-21-5-4-20-74(82)75-51-65(32-39-83(75)90)58-12-7-17-71(44-58)92-84-35-28-61(54-10-6-11-54)47-76(84)81-53-67(34-41-89(81)92)69-42-68(43-69)60-14-9-19-73(46-60)93-87-38-31-64(57-26-27-57)50-79(87)80-52-66(33-40-88(80)93)59-13-8-18-72(45-59)91-85-36-29-62(55-22-23-55)48-77(85)78-49-63(56-24-25-56)30-37-86(78)91/h1-4,7-9,12-20,28-41,44-57,68-69H,5-6,10-11,21-27,42-43H2. The smallest absolute Gasteiger partial charge is 0.0541 e. The largest absolute Gasteiger partial charge is 0.313 e. The summed E-state index contributed by atoms with van der Waals surface area (Å²) < 4.78 is 10.1. The Bertz CT molecular complexity index is 5590. The van der Waals surface area contributed by atoms with Crippen molar-refractivity contribution in [3.05, 3.63) is 281 Å². The molecule has 0 amide bonds. The molecule has 11 aromatic carbocycles. The minimum atomic E-state index is 0.501. The second kappa shape index (κ2) is 20.3. The third kappa shape index (κ3) is 8.49. The first kappa shape index (κ1) is 52.7. The molecule has 4 aromatic heterocycles. The van der Waals surface area contributed by atoms with Gasteiger partial charge in [0.15, 0.2) is 0 Å². The Hall–Kier alpha value is -9.90. The molecule has 4 heterocycles. The Morgan fingerprint density at radius 2 is 0.624 bits per heavy atom. The fourth-order valence-electron chi connectivity index (χ4n) is 17.4. The van der Waals surface area contributed by atoms with Crippen molar-refractivity contribution < 1.29 is 0 Å². The first-order chi connectivity index (χ1) is 46.0. The molecule has 93 heavy (non-hydrogen) atoms. The van der Waals surface area contributed by atoms with E-state index in [1.54, 1.807) is 0 Å². The lowest BCUT2D eigenvalue weighted by molar-refractivity contribution is 0.351. The van der Waals surface area contributed by atoms with Gasteiger partial charge in [0.05, 0.1) is 38.6 Å². The summed E-state index contributed by atoms with van der Waals surface area (Å²) in [6.07, 6.45) is 20.9. The van der Waals surface area contributed by atoms with E-state index < -0.39 is 0 Å². The molecular weight excluding hydrogens is 1130 g/mol. The number of hydrogen-bond acceptors (Lipinski definition) is 0. The monoisotopic (exact) mass is 1200 g/mol. The van der Waals surface area contributed by atoms with Gasteiger partial charge < -0.3 is 18.3 Å². The number of aromatic nitrogens is 4. The van der Waals surface area contributed by atoms with Gasteiger partial charge in [-0.25, -0.2) is 0 Å². The van der Waals surface area contributed by atoms with E-state index in [2.05, 4.69) is 261 Å². The Labute approximate surface area is 542 Å². The molecule has 4 nitrogen and oxygen atoms in total. The maximum atomic E-state index is 2.58. The lowest BCUT2D eigenvalue weighted by atomic mass is 9.68. The molecule has 5 fully saturated rings. The first-order valence-corrected chi connectivity index (χ1v) is 35.0. The second-order valence-corrected chi connectivity index (χ2v) is 28.8. The van der Waals surface area contributed by atoms with Gasteiger partial charge in [0.1, 0.15) is 0 Å². The van der Waals surface area contributed by atoms with Gasteiger partial charge in [-0.15, -0.1) is 0 Å². The van der Waals surface area contributed by atoms with E-state index in [-0.39, 0.29) is 0 Å². The van der Waals surface area contributed by atoms with Crippen LogP contribution in [0.4, 0.5) is 0 Å². The topological polar surface area (TPSA) is 19.7 Å². The molecule has 448 valence electrons. The maximum absolute atomic E-state index is 2.58. The van der Waals surface area contributed by atoms with Crippen molar-refractivity contribution in [3.63, 3.8) is 0 Å². The number of fused-ring (bicyclic) bond motifs is 12. The Balaban J connectivity index is 0.603. The van der Waals surface area contributed by atoms with E-state index in [4.69, 9.17) is 0 Å². The number of rotatable bonds is 12. The molecule has 0 saturated heterocycles. The van der Waals surface area contributed by atoms with Gasteiger partial charge in [-0.2, -0.15) is 0 Å². The van der Waals surface area contributed by atoms with E-state index in [0.29, 0.717) is 23.7 Å². The summed E-state index contributed by atoms with van der Waals surface area (Å²) in [5.74, 6) is 3.79. The Kier molecular flexibility index (Phi) is 11.5. The minimum Gasteiger partial charge on any atom is -0.313 e. The summed E-state index contributed by atoms with van der Waals surface area (Å²) in [7, 11) is 0. The molecule has 4 heteroatoms. The number of allylic oxidation sites excluding steroid dienone is 1. The fraction of sp³-hybridized carbons (Fsp3) is 0.213. The maximum Gasteiger partial charge on any atom is 0.0541 e. The van der Waals surface area contributed by atoms with Gasteiger partial charge in [0, 0.05) is 71.7 Å². The zero-order chi connectivity index (χ0) is 60.6. The van der Waals surface area contributed by atoms with Crippen molar-refractivity contribution in [2.24, 2.45) is 0 Å². The number of nitrogens with zero attached hydrogens (tertiary/aromatic N) is 4. The van der Waals surface area contributed by atoms with Crippen LogP contribution < -0.4 is 0 Å². The van der Waals surface area contributed by atoms with E-state index in [1.165, 1.54) is 224 Å². The van der Waals surface area contributed by atoms with E-state index in [1.807, 2.05) is 0 Å². The van der Waals surface area contributed by atoms with Gasteiger partial charge in [-0.1, -0.05) is 116 Å². The molecular formula is C89H72N4. The average Bonchev–Trinajstić information content (AvgIpc) is 1.63. The molecule has 0 radical (unpaired) electrons. The third-order valence-corrected chi connectivity index (χ3v) is 23.2. The van der Waals surface area contributed by atoms with Crippen molar-refractivity contribution in [2.75, 3.05) is 0 Å². The van der Waals surface area contributed by atoms with Gasteiger partial charge in [0.25, 0.3) is 0 Å². The Morgan fingerprint density at radius 1 is 0.258 bits per heavy atom. The molecule has 0 bridgehead atoms. The van der Waals surface area contributed by atoms with Crippen LogP contribution in [0.2, 0.25) is 0 Å². The number of hydrogen-bond donors (Lipinski definition) is 0. The lowest BCUT2D eigenvalue weighted by Crippen LogP contribution is -2.20.